The molecule has 4 heteroatoms. The Hall–Kier alpha value is -1.81. The molecule has 0 unspecified atom stereocenters. The average molecular weight is 218 g/mol. The number of aromatic nitrogens is 2. The number of imidazole rings is 1. The Kier molecular flexibility index (Phi) is 3.22. The van der Waals surface area contributed by atoms with Crippen molar-refractivity contribution in [3.8, 4) is 17.1 Å². The summed E-state index contributed by atoms with van der Waals surface area (Å²) in [5.41, 5.74) is 0.984. The number of hydrogen-bond acceptors (Lipinski definition) is 3. The topological polar surface area (TPSA) is 47.3 Å². The summed E-state index contributed by atoms with van der Waals surface area (Å²) in [6.07, 6.45) is 3.58. The van der Waals surface area contributed by atoms with Crippen molar-refractivity contribution >= 4 is 0 Å². The van der Waals surface area contributed by atoms with Crippen molar-refractivity contribution in [3.63, 3.8) is 0 Å². The van der Waals surface area contributed by atoms with Crippen molar-refractivity contribution in [2.24, 2.45) is 0 Å². The molecular weight excluding hydrogens is 204 g/mol. The molecule has 0 aliphatic carbocycles. The van der Waals surface area contributed by atoms with E-state index in [1.165, 1.54) is 0 Å². The van der Waals surface area contributed by atoms with Crippen LogP contribution in [0.3, 0.4) is 0 Å². The van der Waals surface area contributed by atoms with Crippen LogP contribution in [0.25, 0.3) is 11.4 Å². The van der Waals surface area contributed by atoms with Crippen molar-refractivity contribution in [1.82, 2.24) is 9.55 Å². The van der Waals surface area contributed by atoms with Gasteiger partial charge in [-0.05, 0) is 12.1 Å². The van der Waals surface area contributed by atoms with E-state index in [1.54, 1.807) is 13.3 Å². The number of hydrogen-bond donors (Lipinski definition) is 1. The zero-order chi connectivity index (χ0) is 11.4. The number of ether oxygens (including phenoxy) is 1. The van der Waals surface area contributed by atoms with E-state index in [1.807, 2.05) is 35.0 Å². The Bertz CT molecular complexity index is 466. The molecule has 0 amide bonds. The minimum atomic E-state index is 0.104. The SMILES string of the molecule is COc1cccc(-c2nccn2CCO)c1. The highest BCUT2D eigenvalue weighted by Crippen LogP contribution is 2.22. The van der Waals surface area contributed by atoms with Gasteiger partial charge < -0.3 is 14.4 Å². The molecule has 2 rings (SSSR count). The minimum absolute atomic E-state index is 0.104. The molecule has 1 heterocycles. The molecule has 2 aromatic rings. The molecule has 84 valence electrons. The zero-order valence-corrected chi connectivity index (χ0v) is 9.13. The van der Waals surface area contributed by atoms with Gasteiger partial charge in [0.2, 0.25) is 0 Å². The largest absolute Gasteiger partial charge is 0.497 e. The number of methoxy groups -OCH3 is 1. The molecule has 1 aromatic heterocycles. The quantitative estimate of drug-likeness (QED) is 0.847. The molecule has 1 N–H and O–H groups in total. The van der Waals surface area contributed by atoms with Crippen LogP contribution >= 0.6 is 0 Å². The summed E-state index contributed by atoms with van der Waals surface area (Å²) in [5, 5.41) is 8.94. The predicted molar refractivity (Wildman–Crippen MR) is 61.3 cm³/mol. The third kappa shape index (κ3) is 2.06. The standard InChI is InChI=1S/C12H14N2O2/c1-16-11-4-2-3-10(9-11)12-13-5-6-14(12)7-8-15/h2-6,9,15H,7-8H2,1H3. The Morgan fingerprint density at radius 1 is 1.44 bits per heavy atom. The number of rotatable bonds is 4. The average Bonchev–Trinajstić information content (AvgIpc) is 2.78. The summed E-state index contributed by atoms with van der Waals surface area (Å²) >= 11 is 0. The fourth-order valence-corrected chi connectivity index (χ4v) is 1.62. The molecule has 4 nitrogen and oxygen atoms in total. The van der Waals surface area contributed by atoms with Gasteiger partial charge in [0.05, 0.1) is 13.7 Å². The lowest BCUT2D eigenvalue weighted by molar-refractivity contribution is 0.276. The maximum absolute atomic E-state index is 8.94. The first-order chi connectivity index (χ1) is 7.85. The van der Waals surface area contributed by atoms with Crippen molar-refractivity contribution in [2.45, 2.75) is 6.54 Å². The van der Waals surface area contributed by atoms with Crippen LogP contribution in [0, 0.1) is 0 Å². The Morgan fingerprint density at radius 3 is 3.06 bits per heavy atom. The van der Waals surface area contributed by atoms with Gasteiger partial charge in [-0.15, -0.1) is 0 Å². The summed E-state index contributed by atoms with van der Waals surface area (Å²) in [7, 11) is 1.64. The van der Waals surface area contributed by atoms with Crippen molar-refractivity contribution < 1.29 is 9.84 Å². The van der Waals surface area contributed by atoms with Crippen LogP contribution in [0.15, 0.2) is 36.7 Å². The van der Waals surface area contributed by atoms with E-state index in [2.05, 4.69) is 4.98 Å². The van der Waals surface area contributed by atoms with Gasteiger partial charge in [0.1, 0.15) is 11.6 Å². The molecule has 0 aliphatic heterocycles. The van der Waals surface area contributed by atoms with Crippen molar-refractivity contribution in [2.75, 3.05) is 13.7 Å². The van der Waals surface area contributed by atoms with E-state index in [4.69, 9.17) is 9.84 Å². The number of aliphatic hydroxyl groups excluding tert-OH is 1. The second kappa shape index (κ2) is 4.81. The maximum Gasteiger partial charge on any atom is 0.140 e. The van der Waals surface area contributed by atoms with E-state index in [0.29, 0.717) is 6.54 Å². The van der Waals surface area contributed by atoms with Crippen LogP contribution in [-0.4, -0.2) is 28.4 Å². The van der Waals surface area contributed by atoms with Gasteiger partial charge in [-0.1, -0.05) is 12.1 Å². The van der Waals surface area contributed by atoms with Gasteiger partial charge in [0, 0.05) is 24.5 Å². The molecular formula is C12H14N2O2. The predicted octanol–water partition coefficient (Wildman–Crippen LogP) is 1.55. The highest BCUT2D eigenvalue weighted by Gasteiger charge is 2.05. The minimum Gasteiger partial charge on any atom is -0.497 e. The van der Waals surface area contributed by atoms with Crippen LogP contribution < -0.4 is 4.74 Å². The van der Waals surface area contributed by atoms with Crippen LogP contribution in [0.5, 0.6) is 5.75 Å². The molecule has 16 heavy (non-hydrogen) atoms. The molecule has 0 spiro atoms. The van der Waals surface area contributed by atoms with Crippen LogP contribution in [0.4, 0.5) is 0 Å². The molecule has 0 saturated carbocycles. The summed E-state index contributed by atoms with van der Waals surface area (Å²) in [4.78, 5) is 4.28. The Balaban J connectivity index is 2.37. The third-order valence-corrected chi connectivity index (χ3v) is 2.38. The normalized spacial score (nSPS) is 10.4. The van der Waals surface area contributed by atoms with Crippen molar-refractivity contribution in [3.05, 3.63) is 36.7 Å². The lowest BCUT2D eigenvalue weighted by atomic mass is 10.2. The number of aliphatic hydroxyl groups is 1. The van der Waals surface area contributed by atoms with Gasteiger partial charge in [-0.3, -0.25) is 0 Å². The monoisotopic (exact) mass is 218 g/mol. The number of benzene rings is 1. The van der Waals surface area contributed by atoms with Gasteiger partial charge in [-0.25, -0.2) is 4.98 Å². The van der Waals surface area contributed by atoms with E-state index in [0.717, 1.165) is 17.1 Å². The fourth-order valence-electron chi connectivity index (χ4n) is 1.62. The molecule has 0 aliphatic rings. The summed E-state index contributed by atoms with van der Waals surface area (Å²) in [5.74, 6) is 1.64. The van der Waals surface area contributed by atoms with Crippen LogP contribution in [0.1, 0.15) is 0 Å². The smallest absolute Gasteiger partial charge is 0.140 e. The fraction of sp³-hybridized carbons (Fsp3) is 0.250. The highest BCUT2D eigenvalue weighted by atomic mass is 16.5. The van der Waals surface area contributed by atoms with Gasteiger partial charge in [-0.2, -0.15) is 0 Å². The molecule has 0 fully saturated rings. The van der Waals surface area contributed by atoms with Gasteiger partial charge >= 0.3 is 0 Å². The van der Waals surface area contributed by atoms with E-state index < -0.39 is 0 Å². The lowest BCUT2D eigenvalue weighted by Gasteiger charge is -2.07. The van der Waals surface area contributed by atoms with Crippen molar-refractivity contribution in [1.29, 1.82) is 0 Å². The first-order valence-corrected chi connectivity index (χ1v) is 5.11. The van der Waals surface area contributed by atoms with Crippen LogP contribution in [0.2, 0.25) is 0 Å². The van der Waals surface area contributed by atoms with E-state index in [9.17, 15) is 0 Å². The van der Waals surface area contributed by atoms with Gasteiger partial charge in [0.25, 0.3) is 0 Å². The summed E-state index contributed by atoms with van der Waals surface area (Å²) in [6.45, 7) is 0.653. The molecule has 1 aromatic carbocycles. The summed E-state index contributed by atoms with van der Waals surface area (Å²) < 4.78 is 7.08. The molecule has 0 bridgehead atoms. The third-order valence-electron chi connectivity index (χ3n) is 2.38. The molecule has 0 atom stereocenters. The second-order valence-corrected chi connectivity index (χ2v) is 3.40. The maximum atomic E-state index is 8.94. The Labute approximate surface area is 94.1 Å². The van der Waals surface area contributed by atoms with E-state index in [-0.39, 0.29) is 6.61 Å². The highest BCUT2D eigenvalue weighted by molar-refractivity contribution is 5.58. The summed E-state index contributed by atoms with van der Waals surface area (Å²) in [6, 6.07) is 7.71. The Morgan fingerprint density at radius 2 is 2.31 bits per heavy atom. The first-order valence-electron chi connectivity index (χ1n) is 5.11. The lowest BCUT2D eigenvalue weighted by Crippen LogP contribution is -2.02. The number of nitrogens with zero attached hydrogens (tertiary/aromatic N) is 2. The molecule has 0 saturated heterocycles. The van der Waals surface area contributed by atoms with Crippen LogP contribution in [-0.2, 0) is 6.54 Å². The van der Waals surface area contributed by atoms with Gasteiger partial charge in [0.15, 0.2) is 0 Å². The first kappa shape index (κ1) is 10.7. The zero-order valence-electron chi connectivity index (χ0n) is 9.13. The second-order valence-electron chi connectivity index (χ2n) is 3.40. The molecule has 0 radical (unpaired) electrons. The van der Waals surface area contributed by atoms with E-state index >= 15 is 0 Å².